The number of carbonyl (C=O) groups is 1. The second kappa shape index (κ2) is 4.65. The molecule has 1 N–H and O–H groups in total. The minimum absolute atomic E-state index is 0.244. The van der Waals surface area contributed by atoms with Crippen LogP contribution in [-0.4, -0.2) is 27.5 Å². The predicted octanol–water partition coefficient (Wildman–Crippen LogP) is 1.31. The molecule has 0 fully saturated rings. The molecule has 0 unspecified atom stereocenters. The summed E-state index contributed by atoms with van der Waals surface area (Å²) < 4.78 is 6.36. The number of ether oxygens (including phenoxy) is 1. The van der Waals surface area contributed by atoms with Gasteiger partial charge in [0.2, 0.25) is 0 Å². The van der Waals surface area contributed by atoms with Crippen LogP contribution >= 0.6 is 0 Å². The second-order valence-electron chi connectivity index (χ2n) is 4.52. The molecule has 16 heavy (non-hydrogen) atoms. The molecule has 5 nitrogen and oxygen atoms in total. The highest BCUT2D eigenvalue weighted by Crippen LogP contribution is 2.26. The molecular formula is C11H18N2O3. The summed E-state index contributed by atoms with van der Waals surface area (Å²) in [5.41, 5.74) is 0.832. The van der Waals surface area contributed by atoms with Crippen LogP contribution in [0.5, 0.6) is 0 Å². The molecular weight excluding hydrogens is 208 g/mol. The summed E-state index contributed by atoms with van der Waals surface area (Å²) in [7, 11) is 0. The third-order valence-electron chi connectivity index (χ3n) is 2.18. The Hall–Kier alpha value is -1.36. The van der Waals surface area contributed by atoms with Crippen molar-refractivity contribution in [1.82, 2.24) is 9.78 Å². The molecule has 0 atom stereocenters. The first-order valence-electron chi connectivity index (χ1n) is 5.26. The molecule has 0 aromatic carbocycles. The molecule has 90 valence electrons. The zero-order valence-corrected chi connectivity index (χ0v) is 10.1. The number of aliphatic hydroxyl groups excluding tert-OH is 1. The van der Waals surface area contributed by atoms with E-state index >= 15 is 0 Å². The van der Waals surface area contributed by atoms with E-state index in [-0.39, 0.29) is 12.1 Å². The van der Waals surface area contributed by atoms with E-state index in [4.69, 9.17) is 9.84 Å². The maximum Gasteiger partial charge on any atom is 0.341 e. The van der Waals surface area contributed by atoms with E-state index in [0.29, 0.717) is 17.9 Å². The zero-order valence-electron chi connectivity index (χ0n) is 10.1. The van der Waals surface area contributed by atoms with Crippen molar-refractivity contribution in [2.45, 2.75) is 39.8 Å². The number of esters is 1. The molecule has 1 heterocycles. The van der Waals surface area contributed by atoms with Crippen molar-refractivity contribution in [1.29, 1.82) is 0 Å². The third kappa shape index (κ3) is 2.41. The first-order chi connectivity index (χ1) is 7.41. The lowest BCUT2D eigenvalue weighted by Gasteiger charge is -2.21. The molecule has 0 aliphatic rings. The van der Waals surface area contributed by atoms with Crippen LogP contribution in [0.4, 0.5) is 0 Å². The van der Waals surface area contributed by atoms with Crippen LogP contribution in [0.25, 0.3) is 0 Å². The average molecular weight is 226 g/mol. The normalized spacial score (nSPS) is 11.6. The number of nitrogens with zero attached hydrogens (tertiary/aromatic N) is 2. The van der Waals surface area contributed by atoms with Crippen molar-refractivity contribution >= 4 is 5.97 Å². The Morgan fingerprint density at radius 3 is 2.62 bits per heavy atom. The van der Waals surface area contributed by atoms with E-state index in [9.17, 15) is 4.79 Å². The van der Waals surface area contributed by atoms with E-state index in [0.717, 1.165) is 0 Å². The Bertz CT molecular complexity index is 377. The maximum absolute atomic E-state index is 11.7. The smallest absolute Gasteiger partial charge is 0.341 e. The summed E-state index contributed by atoms with van der Waals surface area (Å²) in [6.07, 6.45) is 1.44. The van der Waals surface area contributed by atoms with E-state index < -0.39 is 5.97 Å². The fourth-order valence-corrected chi connectivity index (χ4v) is 1.64. The molecule has 0 saturated heterocycles. The fraction of sp³-hybridized carbons (Fsp3) is 0.636. The Morgan fingerprint density at radius 1 is 1.56 bits per heavy atom. The van der Waals surface area contributed by atoms with Crippen LogP contribution in [0, 0.1) is 0 Å². The standard InChI is InChI=1S/C11H18N2O3/c1-5-16-10(15)8-6-12-13(7-14)9(8)11(2,3)4/h6,14H,5,7H2,1-4H3. The van der Waals surface area contributed by atoms with Gasteiger partial charge in [0.15, 0.2) is 0 Å². The molecule has 0 saturated carbocycles. The van der Waals surface area contributed by atoms with Crippen molar-refractivity contribution in [3.8, 4) is 0 Å². The summed E-state index contributed by atoms with van der Waals surface area (Å²) in [6, 6.07) is 0. The van der Waals surface area contributed by atoms with Gasteiger partial charge in [0, 0.05) is 5.41 Å². The Labute approximate surface area is 95.0 Å². The molecule has 0 radical (unpaired) electrons. The number of hydrogen-bond donors (Lipinski definition) is 1. The van der Waals surface area contributed by atoms with Crippen LogP contribution in [0.1, 0.15) is 43.7 Å². The van der Waals surface area contributed by atoms with E-state index in [1.54, 1.807) is 6.92 Å². The van der Waals surface area contributed by atoms with Gasteiger partial charge < -0.3 is 9.84 Å². The largest absolute Gasteiger partial charge is 0.462 e. The summed E-state index contributed by atoms with van der Waals surface area (Å²) in [5.74, 6) is -0.396. The molecule has 0 amide bonds. The third-order valence-corrected chi connectivity index (χ3v) is 2.18. The minimum Gasteiger partial charge on any atom is -0.462 e. The van der Waals surface area contributed by atoms with Gasteiger partial charge >= 0.3 is 5.97 Å². The van der Waals surface area contributed by atoms with Gasteiger partial charge in [-0.1, -0.05) is 20.8 Å². The highest BCUT2D eigenvalue weighted by Gasteiger charge is 2.27. The molecule has 0 bridgehead atoms. The molecule has 5 heteroatoms. The molecule has 1 aromatic rings. The first-order valence-corrected chi connectivity index (χ1v) is 5.26. The fourth-order valence-electron chi connectivity index (χ4n) is 1.64. The average Bonchev–Trinajstić information content (AvgIpc) is 2.60. The van der Waals surface area contributed by atoms with E-state index in [1.807, 2.05) is 20.8 Å². The van der Waals surface area contributed by atoms with Gasteiger partial charge in [-0.2, -0.15) is 5.10 Å². The number of aliphatic hydroxyl groups is 1. The van der Waals surface area contributed by atoms with Gasteiger partial charge in [0.25, 0.3) is 0 Å². The van der Waals surface area contributed by atoms with Crippen LogP contribution < -0.4 is 0 Å². The monoisotopic (exact) mass is 226 g/mol. The van der Waals surface area contributed by atoms with Crippen LogP contribution in [0.15, 0.2) is 6.20 Å². The van der Waals surface area contributed by atoms with Gasteiger partial charge in [0.1, 0.15) is 12.3 Å². The maximum atomic E-state index is 11.7. The number of aromatic nitrogens is 2. The summed E-state index contributed by atoms with van der Waals surface area (Å²) in [6.45, 7) is 7.71. The van der Waals surface area contributed by atoms with Gasteiger partial charge in [-0.15, -0.1) is 0 Å². The first kappa shape index (κ1) is 12.7. The van der Waals surface area contributed by atoms with Gasteiger partial charge in [-0.05, 0) is 6.92 Å². The number of carbonyl (C=O) groups excluding carboxylic acids is 1. The quantitative estimate of drug-likeness (QED) is 0.789. The van der Waals surface area contributed by atoms with Crippen molar-refractivity contribution in [3.05, 3.63) is 17.5 Å². The van der Waals surface area contributed by atoms with Crippen molar-refractivity contribution < 1.29 is 14.6 Å². The summed E-state index contributed by atoms with van der Waals surface area (Å²) >= 11 is 0. The highest BCUT2D eigenvalue weighted by atomic mass is 16.5. The molecule has 1 rings (SSSR count). The Kier molecular flexibility index (Phi) is 3.70. The number of rotatable bonds is 3. The lowest BCUT2D eigenvalue weighted by molar-refractivity contribution is 0.0522. The lowest BCUT2D eigenvalue weighted by atomic mass is 9.89. The second-order valence-corrected chi connectivity index (χ2v) is 4.52. The molecule has 0 aliphatic carbocycles. The predicted molar refractivity (Wildman–Crippen MR) is 59.1 cm³/mol. The molecule has 0 aliphatic heterocycles. The van der Waals surface area contributed by atoms with Gasteiger partial charge in [0.05, 0.1) is 18.5 Å². The highest BCUT2D eigenvalue weighted by molar-refractivity contribution is 5.90. The summed E-state index contributed by atoms with van der Waals surface area (Å²) in [4.78, 5) is 11.7. The topological polar surface area (TPSA) is 64.3 Å². The van der Waals surface area contributed by atoms with Crippen molar-refractivity contribution in [2.24, 2.45) is 0 Å². The van der Waals surface area contributed by atoms with Crippen LogP contribution in [0.2, 0.25) is 0 Å². The zero-order chi connectivity index (χ0) is 12.3. The summed E-state index contributed by atoms with van der Waals surface area (Å²) in [5, 5.41) is 13.1. The van der Waals surface area contributed by atoms with E-state index in [1.165, 1.54) is 10.9 Å². The van der Waals surface area contributed by atoms with Gasteiger partial charge in [-0.3, -0.25) is 0 Å². The molecule has 1 aromatic heterocycles. The van der Waals surface area contributed by atoms with Gasteiger partial charge in [-0.25, -0.2) is 9.48 Å². The van der Waals surface area contributed by atoms with E-state index in [2.05, 4.69) is 5.10 Å². The van der Waals surface area contributed by atoms with Crippen LogP contribution in [0.3, 0.4) is 0 Å². The minimum atomic E-state index is -0.396. The molecule has 0 spiro atoms. The number of hydrogen-bond acceptors (Lipinski definition) is 4. The lowest BCUT2D eigenvalue weighted by Crippen LogP contribution is -2.22. The van der Waals surface area contributed by atoms with Crippen molar-refractivity contribution in [2.75, 3.05) is 6.61 Å². The SMILES string of the molecule is CCOC(=O)c1cnn(CO)c1C(C)(C)C. The van der Waals surface area contributed by atoms with Crippen molar-refractivity contribution in [3.63, 3.8) is 0 Å². The Morgan fingerprint density at radius 2 is 2.19 bits per heavy atom. The Balaban J connectivity index is 3.20. The van der Waals surface area contributed by atoms with Crippen LogP contribution in [-0.2, 0) is 16.9 Å².